The van der Waals surface area contributed by atoms with Crippen LogP contribution in [0, 0.1) is 0 Å². The number of nitrogens with zero attached hydrogens (tertiary/aromatic N) is 1. The lowest BCUT2D eigenvalue weighted by Crippen LogP contribution is -2.28. The smallest absolute Gasteiger partial charge is 0.247 e. The van der Waals surface area contributed by atoms with Crippen LogP contribution in [0.5, 0.6) is 17.2 Å². The molecule has 1 fully saturated rings. The van der Waals surface area contributed by atoms with E-state index in [0.717, 1.165) is 17.9 Å². The molecule has 1 aliphatic rings. The van der Waals surface area contributed by atoms with Crippen molar-refractivity contribution in [2.75, 3.05) is 33.6 Å². The molecule has 7 heteroatoms. The van der Waals surface area contributed by atoms with Gasteiger partial charge in [0, 0.05) is 18.4 Å². The van der Waals surface area contributed by atoms with Gasteiger partial charge >= 0.3 is 0 Å². The van der Waals surface area contributed by atoms with Crippen molar-refractivity contribution in [3.8, 4) is 17.2 Å². The summed E-state index contributed by atoms with van der Waals surface area (Å²) in [6.45, 7) is 0.754. The second-order valence-electron chi connectivity index (χ2n) is 5.60. The number of benzene rings is 1. The quantitative estimate of drug-likeness (QED) is 0.695. The first-order valence-corrected chi connectivity index (χ1v) is 10.1. The Morgan fingerprint density at radius 3 is 2.50 bits per heavy atom. The van der Waals surface area contributed by atoms with E-state index in [1.54, 1.807) is 56.6 Å². The molecule has 1 unspecified atom stereocenters. The molecule has 1 aliphatic heterocycles. The molecule has 26 heavy (non-hydrogen) atoms. The van der Waals surface area contributed by atoms with Crippen LogP contribution in [0.3, 0.4) is 0 Å². The van der Waals surface area contributed by atoms with Gasteiger partial charge in [-0.15, -0.1) is 11.8 Å². The number of amides is 1. The van der Waals surface area contributed by atoms with Crippen molar-refractivity contribution in [1.82, 2.24) is 4.90 Å². The molecule has 1 atom stereocenters. The van der Waals surface area contributed by atoms with Gasteiger partial charge in [-0.3, -0.25) is 4.79 Å². The minimum Gasteiger partial charge on any atom is -0.493 e. The van der Waals surface area contributed by atoms with E-state index < -0.39 is 0 Å². The third-order valence-corrected chi connectivity index (χ3v) is 6.07. The highest BCUT2D eigenvalue weighted by Gasteiger charge is 2.29. The molecular formula is C19H21NO4S2. The maximum Gasteiger partial charge on any atom is 0.247 e. The second kappa shape index (κ2) is 8.51. The summed E-state index contributed by atoms with van der Waals surface area (Å²) >= 11 is 3.45. The summed E-state index contributed by atoms with van der Waals surface area (Å²) in [4.78, 5) is 14.6. The van der Waals surface area contributed by atoms with Crippen LogP contribution in [0.15, 0.2) is 35.0 Å². The van der Waals surface area contributed by atoms with Gasteiger partial charge in [0.1, 0.15) is 5.37 Å². The predicted molar refractivity (Wildman–Crippen MR) is 106 cm³/mol. The lowest BCUT2D eigenvalue weighted by atomic mass is 10.1. The number of methoxy groups -OCH3 is 3. The number of thioether (sulfide) groups is 1. The lowest BCUT2D eigenvalue weighted by molar-refractivity contribution is -0.126. The molecular weight excluding hydrogens is 370 g/mol. The molecule has 0 bridgehead atoms. The molecule has 2 heterocycles. The Kier molecular flexibility index (Phi) is 6.11. The Morgan fingerprint density at radius 2 is 1.92 bits per heavy atom. The van der Waals surface area contributed by atoms with Crippen LogP contribution in [0.4, 0.5) is 0 Å². The zero-order valence-corrected chi connectivity index (χ0v) is 16.6. The number of hydrogen-bond donors (Lipinski definition) is 0. The van der Waals surface area contributed by atoms with E-state index in [2.05, 4.69) is 11.4 Å². The summed E-state index contributed by atoms with van der Waals surface area (Å²) in [5, 5.41) is 4.24. The fourth-order valence-electron chi connectivity index (χ4n) is 2.85. The van der Waals surface area contributed by atoms with E-state index in [0.29, 0.717) is 17.2 Å². The Hall–Kier alpha value is -2.12. The van der Waals surface area contributed by atoms with Crippen molar-refractivity contribution in [3.63, 3.8) is 0 Å². The van der Waals surface area contributed by atoms with E-state index in [1.807, 2.05) is 22.4 Å². The van der Waals surface area contributed by atoms with Crippen LogP contribution in [-0.4, -0.2) is 44.4 Å². The lowest BCUT2D eigenvalue weighted by Gasteiger charge is -2.21. The molecule has 1 aromatic heterocycles. The second-order valence-corrected chi connectivity index (χ2v) is 7.57. The van der Waals surface area contributed by atoms with Crippen molar-refractivity contribution >= 4 is 35.1 Å². The van der Waals surface area contributed by atoms with E-state index in [1.165, 1.54) is 5.56 Å². The van der Waals surface area contributed by atoms with Crippen LogP contribution >= 0.6 is 23.1 Å². The van der Waals surface area contributed by atoms with Crippen LogP contribution in [0.25, 0.3) is 6.08 Å². The van der Waals surface area contributed by atoms with Crippen molar-refractivity contribution in [2.45, 2.75) is 5.37 Å². The van der Waals surface area contributed by atoms with Crippen LogP contribution in [0.1, 0.15) is 16.5 Å². The molecule has 1 aromatic carbocycles. The van der Waals surface area contributed by atoms with Crippen LogP contribution < -0.4 is 14.2 Å². The molecule has 3 rings (SSSR count). The van der Waals surface area contributed by atoms with Crippen LogP contribution in [-0.2, 0) is 4.79 Å². The zero-order chi connectivity index (χ0) is 18.5. The summed E-state index contributed by atoms with van der Waals surface area (Å²) < 4.78 is 16.0. The van der Waals surface area contributed by atoms with Gasteiger partial charge in [-0.25, -0.2) is 0 Å². The molecule has 0 radical (unpaired) electrons. The van der Waals surface area contributed by atoms with E-state index >= 15 is 0 Å². The van der Waals surface area contributed by atoms with Crippen molar-refractivity contribution in [1.29, 1.82) is 0 Å². The Morgan fingerprint density at radius 1 is 1.19 bits per heavy atom. The van der Waals surface area contributed by atoms with E-state index in [-0.39, 0.29) is 11.3 Å². The SMILES string of the molecule is COc1cc(C=CC(=O)N2CCSC2c2ccsc2)cc(OC)c1OC. The largest absolute Gasteiger partial charge is 0.493 e. The number of carbonyl (C=O) groups excluding carboxylic acids is 1. The third-order valence-electron chi connectivity index (χ3n) is 4.11. The summed E-state index contributed by atoms with van der Waals surface area (Å²) in [6.07, 6.45) is 3.38. The minimum atomic E-state index is -0.0000447. The fourth-order valence-corrected chi connectivity index (χ4v) is 4.87. The summed E-state index contributed by atoms with van der Waals surface area (Å²) in [7, 11) is 4.71. The molecule has 0 N–H and O–H groups in total. The fraction of sp³-hybridized carbons (Fsp3) is 0.316. The standard InChI is InChI=1S/C19H21NO4S2/c1-22-15-10-13(11-16(23-2)18(15)24-3)4-5-17(21)20-7-9-26-19(20)14-6-8-25-12-14/h4-6,8,10-12,19H,7,9H2,1-3H3. The van der Waals surface area contributed by atoms with Gasteiger partial charge in [0.2, 0.25) is 11.7 Å². The van der Waals surface area contributed by atoms with Gasteiger partial charge in [-0.05, 0) is 46.2 Å². The van der Waals surface area contributed by atoms with E-state index in [9.17, 15) is 4.79 Å². The number of hydrogen-bond acceptors (Lipinski definition) is 6. The van der Waals surface area contributed by atoms with Crippen molar-refractivity contribution < 1.29 is 19.0 Å². The topological polar surface area (TPSA) is 48.0 Å². The summed E-state index contributed by atoms with van der Waals surface area (Å²) in [5.41, 5.74) is 2.00. The van der Waals surface area contributed by atoms with Gasteiger partial charge in [0.25, 0.3) is 0 Å². The Bertz CT molecular complexity index is 764. The monoisotopic (exact) mass is 391 g/mol. The number of ether oxygens (including phenoxy) is 3. The molecule has 0 spiro atoms. The summed E-state index contributed by atoms with van der Waals surface area (Å²) in [6, 6.07) is 5.72. The highest BCUT2D eigenvalue weighted by molar-refractivity contribution is 7.99. The Labute approximate surface area is 161 Å². The highest BCUT2D eigenvalue weighted by atomic mass is 32.2. The maximum absolute atomic E-state index is 12.7. The van der Waals surface area contributed by atoms with Gasteiger partial charge < -0.3 is 19.1 Å². The van der Waals surface area contributed by atoms with E-state index in [4.69, 9.17) is 14.2 Å². The average Bonchev–Trinajstić information content (AvgIpc) is 3.35. The molecule has 1 amide bonds. The van der Waals surface area contributed by atoms with Gasteiger partial charge in [-0.1, -0.05) is 0 Å². The zero-order valence-electron chi connectivity index (χ0n) is 14.9. The molecule has 0 saturated carbocycles. The first-order valence-electron chi connectivity index (χ1n) is 8.10. The predicted octanol–water partition coefficient (Wildman–Crippen LogP) is 4.06. The Balaban J connectivity index is 1.80. The number of thiophene rings is 1. The van der Waals surface area contributed by atoms with Gasteiger partial charge in [-0.2, -0.15) is 11.3 Å². The molecule has 5 nitrogen and oxygen atoms in total. The minimum absolute atomic E-state index is 0.0000447. The summed E-state index contributed by atoms with van der Waals surface area (Å²) in [5.74, 6) is 2.61. The molecule has 0 aliphatic carbocycles. The number of rotatable bonds is 6. The number of carbonyl (C=O) groups is 1. The average molecular weight is 392 g/mol. The molecule has 1 saturated heterocycles. The van der Waals surface area contributed by atoms with Crippen molar-refractivity contribution in [2.24, 2.45) is 0 Å². The highest BCUT2D eigenvalue weighted by Crippen LogP contribution is 2.40. The first-order chi connectivity index (χ1) is 12.7. The normalized spacial score (nSPS) is 16.9. The van der Waals surface area contributed by atoms with Gasteiger partial charge in [0.05, 0.1) is 21.3 Å². The van der Waals surface area contributed by atoms with Crippen LogP contribution in [0.2, 0.25) is 0 Å². The maximum atomic E-state index is 12.7. The molecule has 138 valence electrons. The third kappa shape index (κ3) is 3.83. The van der Waals surface area contributed by atoms with Gasteiger partial charge in [0.15, 0.2) is 11.5 Å². The molecule has 2 aromatic rings. The first kappa shape index (κ1) is 18.7. The van der Waals surface area contributed by atoms with Crippen molar-refractivity contribution in [3.05, 3.63) is 46.2 Å².